The minimum atomic E-state index is 0.327. The molecular weight excluding hydrogens is 328 g/mol. The summed E-state index contributed by atoms with van der Waals surface area (Å²) in [6, 6.07) is 5.92. The Morgan fingerprint density at radius 1 is 0.923 bits per heavy atom. The lowest BCUT2D eigenvalue weighted by atomic mass is 10.2. The van der Waals surface area contributed by atoms with Crippen LogP contribution >= 0.6 is 0 Å². The molecule has 0 spiro atoms. The van der Waals surface area contributed by atoms with Gasteiger partial charge in [0.25, 0.3) is 0 Å². The van der Waals surface area contributed by atoms with Crippen molar-refractivity contribution in [1.82, 2.24) is 19.9 Å². The molecule has 2 N–H and O–H groups in total. The van der Waals surface area contributed by atoms with Crippen molar-refractivity contribution in [2.45, 2.75) is 51.6 Å². The van der Waals surface area contributed by atoms with E-state index in [4.69, 9.17) is 0 Å². The van der Waals surface area contributed by atoms with Crippen molar-refractivity contribution >= 4 is 18.2 Å². The Balaban J connectivity index is 1.64. The van der Waals surface area contributed by atoms with Crippen LogP contribution < -0.4 is 10.6 Å². The van der Waals surface area contributed by atoms with Gasteiger partial charge >= 0.3 is 0 Å². The van der Waals surface area contributed by atoms with Crippen LogP contribution in [0.3, 0.4) is 0 Å². The van der Waals surface area contributed by atoms with Gasteiger partial charge in [-0.3, -0.25) is 4.79 Å². The molecule has 2 fully saturated rings. The lowest BCUT2D eigenvalue weighted by Crippen LogP contribution is -2.23. The maximum atomic E-state index is 11.0. The predicted molar refractivity (Wildman–Crippen MR) is 100 cm³/mol. The van der Waals surface area contributed by atoms with Crippen LogP contribution in [0.1, 0.15) is 50.0 Å². The largest absolute Gasteiger partial charge is 0.351 e. The first kappa shape index (κ1) is 16.9. The van der Waals surface area contributed by atoms with Gasteiger partial charge in [-0.2, -0.15) is 15.0 Å². The molecule has 2 atom stereocenters. The number of pyridine rings is 1. The molecule has 0 bridgehead atoms. The van der Waals surface area contributed by atoms with Crippen LogP contribution in [0, 0.1) is 11.8 Å². The number of aldehydes is 1. The molecule has 0 aliphatic heterocycles. The standard InChI is InChI=1S/C19H24N6O/c1-11(13-6-7-13)20-18-23-17(16-5-3-4-15(10-26)22-16)24-19(25-18)21-12(2)14-8-9-14/h3-5,10-14H,6-9H2,1-2H3,(H2,20,21,23,24,25)/t11-,12-/m1/s1. The fraction of sp³-hybridized carbons (Fsp3) is 0.526. The molecule has 0 amide bonds. The highest BCUT2D eigenvalue weighted by Crippen LogP contribution is 2.35. The molecule has 2 aromatic heterocycles. The van der Waals surface area contributed by atoms with Gasteiger partial charge in [-0.25, -0.2) is 4.98 Å². The summed E-state index contributed by atoms with van der Waals surface area (Å²) >= 11 is 0. The zero-order valence-electron chi connectivity index (χ0n) is 15.1. The minimum Gasteiger partial charge on any atom is -0.351 e. The predicted octanol–water partition coefficient (Wildman–Crippen LogP) is 3.17. The Morgan fingerprint density at radius 2 is 1.50 bits per heavy atom. The van der Waals surface area contributed by atoms with E-state index in [0.717, 1.165) is 6.29 Å². The summed E-state index contributed by atoms with van der Waals surface area (Å²) in [4.78, 5) is 29.0. The van der Waals surface area contributed by atoms with Gasteiger partial charge in [0, 0.05) is 12.1 Å². The lowest BCUT2D eigenvalue weighted by molar-refractivity contribution is 0.111. The molecular formula is C19H24N6O. The van der Waals surface area contributed by atoms with Crippen LogP contribution in [0.2, 0.25) is 0 Å². The van der Waals surface area contributed by atoms with E-state index in [1.807, 2.05) is 6.07 Å². The SMILES string of the molecule is C[C@@H](Nc1nc(N[C@H](C)C2CC2)nc(-c2cccc(C=O)n2)n1)C1CC1. The van der Waals surface area contributed by atoms with Crippen LogP contribution in [-0.2, 0) is 0 Å². The van der Waals surface area contributed by atoms with Gasteiger partial charge in [-0.1, -0.05) is 6.07 Å². The molecule has 2 saturated carbocycles. The number of anilines is 2. The molecule has 0 aromatic carbocycles. The molecule has 7 nitrogen and oxygen atoms in total. The van der Waals surface area contributed by atoms with Crippen molar-refractivity contribution in [3.8, 4) is 11.5 Å². The second-order valence-electron chi connectivity index (χ2n) is 7.41. The number of nitrogens with zero attached hydrogens (tertiary/aromatic N) is 4. The zero-order chi connectivity index (χ0) is 18.1. The molecule has 7 heteroatoms. The van der Waals surface area contributed by atoms with Crippen LogP contribution in [-0.4, -0.2) is 38.3 Å². The highest BCUT2D eigenvalue weighted by atomic mass is 16.1. The summed E-state index contributed by atoms with van der Waals surface area (Å²) in [5.41, 5.74) is 0.936. The average Bonchev–Trinajstić information content (AvgIpc) is 3.53. The smallest absolute Gasteiger partial charge is 0.228 e. The van der Waals surface area contributed by atoms with Gasteiger partial charge in [-0.15, -0.1) is 0 Å². The van der Waals surface area contributed by atoms with E-state index < -0.39 is 0 Å². The summed E-state index contributed by atoms with van der Waals surface area (Å²) in [5.74, 6) is 2.96. The molecule has 26 heavy (non-hydrogen) atoms. The van der Waals surface area contributed by atoms with Crippen molar-refractivity contribution in [2.24, 2.45) is 11.8 Å². The monoisotopic (exact) mass is 352 g/mol. The molecule has 136 valence electrons. The van der Waals surface area contributed by atoms with E-state index in [2.05, 4.69) is 44.4 Å². The zero-order valence-corrected chi connectivity index (χ0v) is 15.1. The normalized spacial score (nSPS) is 18.8. The highest BCUT2D eigenvalue weighted by Gasteiger charge is 2.30. The molecule has 4 rings (SSSR count). The number of nitrogens with one attached hydrogen (secondary N) is 2. The van der Waals surface area contributed by atoms with Gasteiger partial charge in [-0.05, 0) is 63.5 Å². The third kappa shape index (κ3) is 3.98. The fourth-order valence-electron chi connectivity index (χ4n) is 3.10. The molecule has 0 radical (unpaired) electrons. The summed E-state index contributed by atoms with van der Waals surface area (Å²) in [6.07, 6.45) is 5.73. The maximum absolute atomic E-state index is 11.0. The number of carbonyl (C=O) groups is 1. The number of hydrogen-bond donors (Lipinski definition) is 2. The van der Waals surface area contributed by atoms with Crippen LogP contribution in [0.4, 0.5) is 11.9 Å². The molecule has 0 unspecified atom stereocenters. The average molecular weight is 352 g/mol. The summed E-state index contributed by atoms with van der Waals surface area (Å²) in [7, 11) is 0. The second kappa shape index (κ2) is 6.97. The fourth-order valence-corrected chi connectivity index (χ4v) is 3.10. The Labute approximate surface area is 153 Å². The molecule has 0 saturated heterocycles. The first-order valence-electron chi connectivity index (χ1n) is 9.34. The number of carbonyl (C=O) groups excluding carboxylic acids is 1. The van der Waals surface area contributed by atoms with Crippen molar-refractivity contribution in [3.63, 3.8) is 0 Å². The first-order chi connectivity index (χ1) is 12.6. The number of aromatic nitrogens is 4. The molecule has 2 aromatic rings. The summed E-state index contributed by atoms with van der Waals surface area (Å²) in [6.45, 7) is 4.32. The van der Waals surface area contributed by atoms with E-state index in [0.29, 0.717) is 53.0 Å². The lowest BCUT2D eigenvalue weighted by Gasteiger charge is -2.16. The number of rotatable bonds is 8. The first-order valence-corrected chi connectivity index (χ1v) is 9.34. The van der Waals surface area contributed by atoms with Crippen LogP contribution in [0.5, 0.6) is 0 Å². The third-order valence-electron chi connectivity index (χ3n) is 5.13. The van der Waals surface area contributed by atoms with E-state index in [-0.39, 0.29) is 0 Å². The maximum Gasteiger partial charge on any atom is 0.228 e. The van der Waals surface area contributed by atoms with Crippen molar-refractivity contribution in [3.05, 3.63) is 23.9 Å². The van der Waals surface area contributed by atoms with Crippen molar-refractivity contribution < 1.29 is 4.79 Å². The highest BCUT2D eigenvalue weighted by molar-refractivity contribution is 5.73. The Kier molecular flexibility index (Phi) is 4.53. The van der Waals surface area contributed by atoms with Crippen molar-refractivity contribution in [1.29, 1.82) is 0 Å². The van der Waals surface area contributed by atoms with Crippen molar-refractivity contribution in [2.75, 3.05) is 10.6 Å². The van der Waals surface area contributed by atoms with E-state index in [9.17, 15) is 4.79 Å². The number of hydrogen-bond acceptors (Lipinski definition) is 7. The van der Waals surface area contributed by atoms with Crippen LogP contribution in [0.25, 0.3) is 11.5 Å². The van der Waals surface area contributed by atoms with E-state index in [1.54, 1.807) is 12.1 Å². The Morgan fingerprint density at radius 3 is 2.00 bits per heavy atom. The minimum absolute atomic E-state index is 0.327. The van der Waals surface area contributed by atoms with Gasteiger partial charge in [0.05, 0.1) is 0 Å². The third-order valence-corrected chi connectivity index (χ3v) is 5.13. The second-order valence-corrected chi connectivity index (χ2v) is 7.41. The van der Waals surface area contributed by atoms with Gasteiger partial charge in [0.2, 0.25) is 11.9 Å². The topological polar surface area (TPSA) is 92.7 Å². The van der Waals surface area contributed by atoms with Crippen LogP contribution in [0.15, 0.2) is 18.2 Å². The van der Waals surface area contributed by atoms with Gasteiger partial charge in [0.1, 0.15) is 11.4 Å². The quantitative estimate of drug-likeness (QED) is 0.705. The summed E-state index contributed by atoms with van der Waals surface area (Å²) in [5, 5.41) is 6.80. The molecule has 2 aliphatic carbocycles. The summed E-state index contributed by atoms with van der Waals surface area (Å²) < 4.78 is 0. The van der Waals surface area contributed by atoms with E-state index in [1.165, 1.54) is 25.7 Å². The Bertz CT molecular complexity index is 764. The van der Waals surface area contributed by atoms with Gasteiger partial charge in [0.15, 0.2) is 12.1 Å². The molecule has 2 heterocycles. The van der Waals surface area contributed by atoms with E-state index >= 15 is 0 Å². The molecule has 2 aliphatic rings. The van der Waals surface area contributed by atoms with Gasteiger partial charge < -0.3 is 10.6 Å². The Hall–Kier alpha value is -2.57.